The molecule has 1 aliphatic heterocycles. The van der Waals surface area contributed by atoms with Crippen LogP contribution in [0.25, 0.3) is 10.8 Å². The molecule has 1 amide bonds. The summed E-state index contributed by atoms with van der Waals surface area (Å²) in [4.78, 5) is 15.2. The fourth-order valence-corrected chi connectivity index (χ4v) is 4.88. The SMILES string of the molecule is NC[C@@H]1CN(C(=O)C2CC2c2ccc3ccccc3c2)C[C@H]1c1ccccc1. The van der Waals surface area contributed by atoms with Crippen molar-refractivity contribution in [1.29, 1.82) is 0 Å². The minimum Gasteiger partial charge on any atom is -0.341 e. The molecule has 1 heterocycles. The van der Waals surface area contributed by atoms with Gasteiger partial charge in [-0.1, -0.05) is 72.8 Å². The van der Waals surface area contributed by atoms with Gasteiger partial charge in [0, 0.05) is 24.9 Å². The lowest BCUT2D eigenvalue weighted by atomic mass is 9.89. The number of hydrogen-bond acceptors (Lipinski definition) is 2. The maximum Gasteiger partial charge on any atom is 0.226 e. The molecular formula is C25H26N2O. The summed E-state index contributed by atoms with van der Waals surface area (Å²) in [7, 11) is 0. The molecule has 3 heteroatoms. The van der Waals surface area contributed by atoms with Gasteiger partial charge in [0.05, 0.1) is 0 Å². The highest BCUT2D eigenvalue weighted by molar-refractivity contribution is 5.86. The van der Waals surface area contributed by atoms with E-state index in [4.69, 9.17) is 5.73 Å². The highest BCUT2D eigenvalue weighted by atomic mass is 16.2. The predicted molar refractivity (Wildman–Crippen MR) is 113 cm³/mol. The monoisotopic (exact) mass is 370 g/mol. The maximum absolute atomic E-state index is 13.2. The summed E-state index contributed by atoms with van der Waals surface area (Å²) >= 11 is 0. The topological polar surface area (TPSA) is 46.3 Å². The Labute approximate surface area is 166 Å². The molecule has 2 unspecified atom stereocenters. The quantitative estimate of drug-likeness (QED) is 0.750. The Hall–Kier alpha value is -2.65. The number of hydrogen-bond donors (Lipinski definition) is 1. The van der Waals surface area contributed by atoms with E-state index in [1.807, 2.05) is 6.07 Å². The molecule has 5 rings (SSSR count). The Kier molecular flexibility index (Phi) is 4.40. The molecule has 4 atom stereocenters. The highest BCUT2D eigenvalue weighted by Gasteiger charge is 2.48. The normalized spacial score (nSPS) is 26.5. The Bertz CT molecular complexity index is 1000. The van der Waals surface area contributed by atoms with Crippen molar-refractivity contribution in [3.8, 4) is 0 Å². The lowest BCUT2D eigenvalue weighted by Gasteiger charge is -2.17. The number of carbonyl (C=O) groups is 1. The standard InChI is InChI=1S/C25H26N2O/c26-14-21-15-27(16-24(21)18-7-2-1-3-8-18)25(28)23-13-22(23)20-11-10-17-6-4-5-9-19(17)12-20/h1-12,21-24H,13-16,26H2/t21-,22?,23?,24+/m1/s1. The van der Waals surface area contributed by atoms with Gasteiger partial charge in [0.25, 0.3) is 0 Å². The largest absolute Gasteiger partial charge is 0.341 e. The van der Waals surface area contributed by atoms with Crippen molar-refractivity contribution in [2.24, 2.45) is 17.6 Å². The van der Waals surface area contributed by atoms with Crippen molar-refractivity contribution in [3.63, 3.8) is 0 Å². The van der Waals surface area contributed by atoms with Gasteiger partial charge in [-0.3, -0.25) is 4.79 Å². The summed E-state index contributed by atoms with van der Waals surface area (Å²) in [5.41, 5.74) is 8.65. The van der Waals surface area contributed by atoms with Crippen molar-refractivity contribution in [3.05, 3.63) is 83.9 Å². The minimum atomic E-state index is 0.133. The third kappa shape index (κ3) is 3.10. The van der Waals surface area contributed by atoms with Crippen LogP contribution >= 0.6 is 0 Å². The number of fused-ring (bicyclic) bond motifs is 1. The van der Waals surface area contributed by atoms with Crippen LogP contribution in [0.15, 0.2) is 72.8 Å². The first-order valence-electron chi connectivity index (χ1n) is 10.3. The van der Waals surface area contributed by atoms with E-state index >= 15 is 0 Å². The molecule has 3 aromatic rings. The van der Waals surface area contributed by atoms with E-state index < -0.39 is 0 Å². The molecule has 1 aliphatic carbocycles. The summed E-state index contributed by atoms with van der Waals surface area (Å²) in [6.07, 6.45) is 0.969. The zero-order valence-electron chi connectivity index (χ0n) is 16.0. The van der Waals surface area contributed by atoms with E-state index in [-0.39, 0.29) is 5.92 Å². The Morgan fingerprint density at radius 2 is 1.61 bits per heavy atom. The molecule has 142 valence electrons. The first-order valence-corrected chi connectivity index (χ1v) is 10.3. The highest BCUT2D eigenvalue weighted by Crippen LogP contribution is 2.50. The zero-order chi connectivity index (χ0) is 19.1. The van der Waals surface area contributed by atoms with Gasteiger partial charge in [-0.25, -0.2) is 0 Å². The minimum absolute atomic E-state index is 0.133. The average Bonchev–Trinajstić information content (AvgIpc) is 3.44. The van der Waals surface area contributed by atoms with Crippen molar-refractivity contribution in [1.82, 2.24) is 4.90 Å². The molecule has 1 saturated heterocycles. The van der Waals surface area contributed by atoms with Gasteiger partial charge >= 0.3 is 0 Å². The Morgan fingerprint density at radius 3 is 2.39 bits per heavy atom. The third-order valence-corrected chi connectivity index (χ3v) is 6.59. The summed E-state index contributed by atoms with van der Waals surface area (Å²) in [5, 5.41) is 2.51. The lowest BCUT2D eigenvalue weighted by Crippen LogP contribution is -2.31. The van der Waals surface area contributed by atoms with Crippen LogP contribution in [0.1, 0.15) is 29.4 Å². The van der Waals surface area contributed by atoms with Crippen molar-refractivity contribution in [2.45, 2.75) is 18.3 Å². The fourth-order valence-electron chi connectivity index (χ4n) is 4.88. The second kappa shape index (κ2) is 7.06. The number of nitrogens with zero attached hydrogens (tertiary/aromatic N) is 1. The molecule has 2 fully saturated rings. The van der Waals surface area contributed by atoms with Crippen LogP contribution in [0.4, 0.5) is 0 Å². The van der Waals surface area contributed by atoms with Crippen molar-refractivity contribution >= 4 is 16.7 Å². The number of nitrogens with two attached hydrogens (primary N) is 1. The fraction of sp³-hybridized carbons (Fsp3) is 0.320. The second-order valence-electron chi connectivity index (χ2n) is 8.31. The molecule has 3 aromatic carbocycles. The third-order valence-electron chi connectivity index (χ3n) is 6.59. The summed E-state index contributed by atoms with van der Waals surface area (Å²) in [6, 6.07) is 25.6. The van der Waals surface area contributed by atoms with Gasteiger partial charge < -0.3 is 10.6 Å². The number of carbonyl (C=O) groups excluding carboxylic acids is 1. The first-order chi connectivity index (χ1) is 13.7. The van der Waals surface area contributed by atoms with Gasteiger partial charge in [0.1, 0.15) is 0 Å². The first kappa shape index (κ1) is 17.4. The Balaban J connectivity index is 1.30. The number of benzene rings is 3. The molecule has 0 bridgehead atoms. The van der Waals surface area contributed by atoms with E-state index in [0.29, 0.717) is 30.2 Å². The van der Waals surface area contributed by atoms with Gasteiger partial charge in [-0.05, 0) is 46.7 Å². The van der Waals surface area contributed by atoms with Crippen molar-refractivity contribution < 1.29 is 4.79 Å². The van der Waals surface area contributed by atoms with Gasteiger partial charge in [-0.15, -0.1) is 0 Å². The molecule has 2 N–H and O–H groups in total. The predicted octanol–water partition coefficient (Wildman–Crippen LogP) is 4.14. The van der Waals surface area contributed by atoms with Gasteiger partial charge in [0.2, 0.25) is 5.91 Å². The second-order valence-corrected chi connectivity index (χ2v) is 8.31. The number of likely N-dealkylation sites (tertiary alicyclic amines) is 1. The van der Waals surface area contributed by atoms with E-state index in [2.05, 4.69) is 71.6 Å². The van der Waals surface area contributed by atoms with E-state index in [1.54, 1.807) is 0 Å². The van der Waals surface area contributed by atoms with Crippen LogP contribution in [0.2, 0.25) is 0 Å². The Morgan fingerprint density at radius 1 is 0.857 bits per heavy atom. The van der Waals surface area contributed by atoms with Crippen LogP contribution in [-0.4, -0.2) is 30.4 Å². The number of rotatable bonds is 4. The van der Waals surface area contributed by atoms with Gasteiger partial charge in [0.15, 0.2) is 0 Å². The van der Waals surface area contributed by atoms with E-state index in [9.17, 15) is 4.79 Å². The van der Waals surface area contributed by atoms with Crippen LogP contribution < -0.4 is 5.73 Å². The van der Waals surface area contributed by atoms with E-state index in [1.165, 1.54) is 21.9 Å². The molecule has 0 spiro atoms. The zero-order valence-corrected chi connectivity index (χ0v) is 16.0. The summed E-state index contributed by atoms with van der Waals surface area (Å²) in [5.74, 6) is 1.52. The average molecular weight is 370 g/mol. The van der Waals surface area contributed by atoms with Crippen LogP contribution in [0.5, 0.6) is 0 Å². The molecular weight excluding hydrogens is 344 g/mol. The van der Waals surface area contributed by atoms with Crippen LogP contribution in [0, 0.1) is 11.8 Å². The molecule has 28 heavy (non-hydrogen) atoms. The maximum atomic E-state index is 13.2. The van der Waals surface area contributed by atoms with E-state index in [0.717, 1.165) is 19.5 Å². The van der Waals surface area contributed by atoms with Gasteiger partial charge in [-0.2, -0.15) is 0 Å². The van der Waals surface area contributed by atoms with Crippen molar-refractivity contribution in [2.75, 3.05) is 19.6 Å². The molecule has 3 nitrogen and oxygen atoms in total. The number of amides is 1. The van der Waals surface area contributed by atoms with Crippen LogP contribution in [-0.2, 0) is 4.79 Å². The smallest absolute Gasteiger partial charge is 0.226 e. The van der Waals surface area contributed by atoms with Crippen LogP contribution in [0.3, 0.4) is 0 Å². The summed E-state index contributed by atoms with van der Waals surface area (Å²) < 4.78 is 0. The molecule has 0 aromatic heterocycles. The lowest BCUT2D eigenvalue weighted by molar-refractivity contribution is -0.131. The summed E-state index contributed by atoms with van der Waals surface area (Å²) in [6.45, 7) is 2.21. The molecule has 0 radical (unpaired) electrons. The molecule has 1 saturated carbocycles. The molecule has 2 aliphatic rings.